The fraction of sp³-hybridized carbons (Fsp3) is 0.833. The number of carboxylic acids is 1. The summed E-state index contributed by atoms with van der Waals surface area (Å²) in [5, 5.41) is 8.94. The molecule has 98 valence electrons. The van der Waals surface area contributed by atoms with Gasteiger partial charge in [0.2, 0.25) is 5.91 Å². The number of rotatable bonds is 5. The summed E-state index contributed by atoms with van der Waals surface area (Å²) in [6.45, 7) is 2.96. The molecule has 0 radical (unpaired) electrons. The molecule has 0 aromatic carbocycles. The molecule has 0 bridgehead atoms. The molecule has 0 aliphatic carbocycles. The Labute approximate surface area is 102 Å². The number of carbonyl (C=O) groups is 2. The summed E-state index contributed by atoms with van der Waals surface area (Å²) in [4.78, 5) is 24.4. The molecule has 5 nitrogen and oxygen atoms in total. The van der Waals surface area contributed by atoms with E-state index in [1.165, 1.54) is 0 Å². The number of aliphatic carboxylic acids is 1. The molecule has 17 heavy (non-hydrogen) atoms. The SMILES string of the molecule is COC(C)CCC(=O)N1CCC[C@H](C(=O)O)C1. The number of hydrogen-bond donors (Lipinski definition) is 1. The maximum atomic E-state index is 11.9. The van der Waals surface area contributed by atoms with E-state index in [0.29, 0.717) is 32.4 Å². The number of carbonyl (C=O) groups excluding carboxylic acids is 1. The van der Waals surface area contributed by atoms with E-state index in [-0.39, 0.29) is 12.0 Å². The molecule has 5 heteroatoms. The first-order chi connectivity index (χ1) is 8.04. The fourth-order valence-corrected chi connectivity index (χ4v) is 2.01. The molecule has 0 aromatic rings. The molecule has 1 heterocycles. The molecule has 1 N–H and O–H groups in total. The summed E-state index contributed by atoms with van der Waals surface area (Å²) in [6, 6.07) is 0. The van der Waals surface area contributed by atoms with Gasteiger partial charge in [0, 0.05) is 26.6 Å². The lowest BCUT2D eigenvalue weighted by molar-refractivity contribution is -0.145. The van der Waals surface area contributed by atoms with Crippen molar-refractivity contribution in [1.82, 2.24) is 4.90 Å². The maximum Gasteiger partial charge on any atom is 0.308 e. The van der Waals surface area contributed by atoms with Gasteiger partial charge in [-0.05, 0) is 26.2 Å². The zero-order valence-corrected chi connectivity index (χ0v) is 10.5. The number of ether oxygens (including phenoxy) is 1. The first kappa shape index (κ1) is 14.0. The van der Waals surface area contributed by atoms with Gasteiger partial charge >= 0.3 is 5.97 Å². The molecule has 1 aliphatic rings. The second-order valence-electron chi connectivity index (χ2n) is 4.60. The van der Waals surface area contributed by atoms with Gasteiger partial charge in [-0.25, -0.2) is 0 Å². The Morgan fingerprint density at radius 1 is 1.53 bits per heavy atom. The average Bonchev–Trinajstić information content (AvgIpc) is 2.35. The van der Waals surface area contributed by atoms with Crippen molar-refractivity contribution in [1.29, 1.82) is 0 Å². The van der Waals surface area contributed by atoms with Crippen LogP contribution < -0.4 is 0 Å². The normalized spacial score (nSPS) is 22.2. The van der Waals surface area contributed by atoms with E-state index in [1.54, 1.807) is 12.0 Å². The Kier molecular flexibility index (Phi) is 5.41. The van der Waals surface area contributed by atoms with Crippen LogP contribution >= 0.6 is 0 Å². The predicted octanol–water partition coefficient (Wildman–Crippen LogP) is 1.12. The zero-order chi connectivity index (χ0) is 12.8. The smallest absolute Gasteiger partial charge is 0.308 e. The van der Waals surface area contributed by atoms with Crippen LogP contribution in [0.5, 0.6) is 0 Å². The van der Waals surface area contributed by atoms with Crippen molar-refractivity contribution in [2.75, 3.05) is 20.2 Å². The molecule has 1 aliphatic heterocycles. The number of methoxy groups -OCH3 is 1. The van der Waals surface area contributed by atoms with E-state index < -0.39 is 11.9 Å². The van der Waals surface area contributed by atoms with Crippen LogP contribution in [0.15, 0.2) is 0 Å². The van der Waals surface area contributed by atoms with Crippen LogP contribution in [0, 0.1) is 5.92 Å². The lowest BCUT2D eigenvalue weighted by Gasteiger charge is -2.31. The Balaban J connectivity index is 2.38. The Bertz CT molecular complexity index is 280. The fourth-order valence-electron chi connectivity index (χ4n) is 2.01. The van der Waals surface area contributed by atoms with Gasteiger partial charge in [-0.15, -0.1) is 0 Å². The predicted molar refractivity (Wildman–Crippen MR) is 62.6 cm³/mol. The summed E-state index contributed by atoms with van der Waals surface area (Å²) in [6.07, 6.45) is 2.64. The monoisotopic (exact) mass is 243 g/mol. The van der Waals surface area contributed by atoms with Crippen LogP contribution in [0.4, 0.5) is 0 Å². The van der Waals surface area contributed by atoms with E-state index in [4.69, 9.17) is 9.84 Å². The second kappa shape index (κ2) is 6.59. The number of carboxylic acid groups (broad SMARTS) is 1. The third-order valence-corrected chi connectivity index (χ3v) is 3.29. The van der Waals surface area contributed by atoms with Gasteiger partial charge in [-0.1, -0.05) is 0 Å². The molecule has 0 spiro atoms. The van der Waals surface area contributed by atoms with Crippen LogP contribution in [-0.2, 0) is 14.3 Å². The van der Waals surface area contributed by atoms with Crippen molar-refractivity contribution in [3.05, 3.63) is 0 Å². The maximum absolute atomic E-state index is 11.9. The summed E-state index contributed by atoms with van der Waals surface area (Å²) in [7, 11) is 1.62. The van der Waals surface area contributed by atoms with Crippen molar-refractivity contribution in [2.45, 2.75) is 38.7 Å². The molecule has 2 atom stereocenters. The van der Waals surface area contributed by atoms with Gasteiger partial charge in [0.05, 0.1) is 12.0 Å². The molecule has 1 fully saturated rings. The Morgan fingerprint density at radius 3 is 2.82 bits per heavy atom. The third-order valence-electron chi connectivity index (χ3n) is 3.29. The first-order valence-electron chi connectivity index (χ1n) is 6.08. The van der Waals surface area contributed by atoms with Crippen LogP contribution in [-0.4, -0.2) is 48.2 Å². The van der Waals surface area contributed by atoms with Crippen molar-refractivity contribution >= 4 is 11.9 Å². The molecule has 1 rings (SSSR count). The van der Waals surface area contributed by atoms with Gasteiger partial charge in [-0.2, -0.15) is 0 Å². The van der Waals surface area contributed by atoms with Crippen LogP contribution in [0.25, 0.3) is 0 Å². The highest BCUT2D eigenvalue weighted by atomic mass is 16.5. The van der Waals surface area contributed by atoms with Gasteiger partial charge in [0.25, 0.3) is 0 Å². The highest BCUT2D eigenvalue weighted by molar-refractivity contribution is 5.78. The summed E-state index contributed by atoms with van der Waals surface area (Å²) in [5.74, 6) is -1.15. The molecule has 1 saturated heterocycles. The van der Waals surface area contributed by atoms with Crippen molar-refractivity contribution in [2.24, 2.45) is 5.92 Å². The summed E-state index contributed by atoms with van der Waals surface area (Å²) >= 11 is 0. The largest absolute Gasteiger partial charge is 0.481 e. The lowest BCUT2D eigenvalue weighted by Crippen LogP contribution is -2.42. The quantitative estimate of drug-likeness (QED) is 0.786. The van der Waals surface area contributed by atoms with Crippen molar-refractivity contribution in [3.63, 3.8) is 0 Å². The zero-order valence-electron chi connectivity index (χ0n) is 10.5. The van der Waals surface area contributed by atoms with E-state index in [0.717, 1.165) is 6.42 Å². The minimum absolute atomic E-state index is 0.0415. The average molecular weight is 243 g/mol. The Hall–Kier alpha value is -1.10. The summed E-state index contributed by atoms with van der Waals surface area (Å²) < 4.78 is 5.08. The lowest BCUT2D eigenvalue weighted by atomic mass is 9.98. The minimum atomic E-state index is -0.798. The van der Waals surface area contributed by atoms with Crippen LogP contribution in [0.1, 0.15) is 32.6 Å². The van der Waals surface area contributed by atoms with E-state index in [9.17, 15) is 9.59 Å². The van der Waals surface area contributed by atoms with E-state index in [2.05, 4.69) is 0 Å². The molecule has 0 saturated carbocycles. The van der Waals surface area contributed by atoms with Crippen LogP contribution in [0.3, 0.4) is 0 Å². The highest BCUT2D eigenvalue weighted by Gasteiger charge is 2.27. The van der Waals surface area contributed by atoms with Crippen molar-refractivity contribution in [3.8, 4) is 0 Å². The first-order valence-corrected chi connectivity index (χ1v) is 6.08. The van der Waals surface area contributed by atoms with Gasteiger partial charge < -0.3 is 14.7 Å². The molecule has 0 aromatic heterocycles. The number of likely N-dealkylation sites (tertiary alicyclic amines) is 1. The van der Waals surface area contributed by atoms with E-state index in [1.807, 2.05) is 6.92 Å². The van der Waals surface area contributed by atoms with Gasteiger partial charge in [0.1, 0.15) is 0 Å². The molecule has 1 unspecified atom stereocenters. The van der Waals surface area contributed by atoms with Crippen molar-refractivity contribution < 1.29 is 19.4 Å². The third kappa shape index (κ3) is 4.34. The van der Waals surface area contributed by atoms with Crippen LogP contribution in [0.2, 0.25) is 0 Å². The number of piperidine rings is 1. The molecular weight excluding hydrogens is 222 g/mol. The molecular formula is C12H21NO4. The minimum Gasteiger partial charge on any atom is -0.481 e. The van der Waals surface area contributed by atoms with Gasteiger partial charge in [0.15, 0.2) is 0 Å². The number of nitrogens with zero attached hydrogens (tertiary/aromatic N) is 1. The number of amides is 1. The standard InChI is InChI=1S/C12H21NO4/c1-9(17-2)5-6-11(14)13-7-3-4-10(8-13)12(15)16/h9-10H,3-8H2,1-2H3,(H,15,16)/t9?,10-/m0/s1. The highest BCUT2D eigenvalue weighted by Crippen LogP contribution is 2.18. The second-order valence-corrected chi connectivity index (χ2v) is 4.60. The number of hydrogen-bond acceptors (Lipinski definition) is 3. The van der Waals surface area contributed by atoms with Gasteiger partial charge in [-0.3, -0.25) is 9.59 Å². The Morgan fingerprint density at radius 2 is 2.24 bits per heavy atom. The topological polar surface area (TPSA) is 66.8 Å². The van der Waals surface area contributed by atoms with E-state index >= 15 is 0 Å². The summed E-state index contributed by atoms with van der Waals surface area (Å²) in [5.41, 5.74) is 0. The molecule has 1 amide bonds.